The van der Waals surface area contributed by atoms with Crippen LogP contribution in [0.25, 0.3) is 0 Å². The molecule has 1 N–H and O–H groups in total. The number of alkyl halides is 1. The summed E-state index contributed by atoms with van der Waals surface area (Å²) in [5, 5.41) is 3.92. The number of rotatable bonds is 8. The minimum atomic E-state index is 0.0419. The largest absolute Gasteiger partial charge is 0.493 e. The summed E-state index contributed by atoms with van der Waals surface area (Å²) in [6.45, 7) is 7.43. The second-order valence-electron chi connectivity index (χ2n) is 5.79. The fourth-order valence-electron chi connectivity index (χ4n) is 1.74. The van der Waals surface area contributed by atoms with Gasteiger partial charge in [-0.1, -0.05) is 41.9 Å². The highest BCUT2D eigenvalue weighted by atomic mass is 79.9. The number of carbonyl (C=O) groups excluding carboxylic acids is 1. The minimum Gasteiger partial charge on any atom is -0.493 e. The van der Waals surface area contributed by atoms with Gasteiger partial charge in [0.05, 0.1) is 13.0 Å². The zero-order valence-corrected chi connectivity index (χ0v) is 14.1. The third-order valence-electron chi connectivity index (χ3n) is 3.12. The van der Waals surface area contributed by atoms with E-state index >= 15 is 0 Å². The molecule has 0 fully saturated rings. The number of hydrogen-bond donors (Lipinski definition) is 1. The lowest BCUT2D eigenvalue weighted by Gasteiger charge is -2.23. The third kappa shape index (κ3) is 6.94. The molecule has 0 aliphatic rings. The van der Waals surface area contributed by atoms with E-state index < -0.39 is 0 Å². The number of aryl methyl sites for hydroxylation is 1. The first-order valence-corrected chi connectivity index (χ1v) is 8.07. The van der Waals surface area contributed by atoms with Gasteiger partial charge in [0.2, 0.25) is 5.91 Å². The number of amides is 1. The van der Waals surface area contributed by atoms with Crippen LogP contribution in [0.15, 0.2) is 24.3 Å². The van der Waals surface area contributed by atoms with Gasteiger partial charge in [-0.3, -0.25) is 4.79 Å². The number of hydrogen-bond acceptors (Lipinski definition) is 2. The van der Waals surface area contributed by atoms with Crippen LogP contribution in [0.4, 0.5) is 0 Å². The molecule has 0 saturated heterocycles. The predicted octanol–water partition coefficient (Wildman–Crippen LogP) is 3.69. The number of carbonyl (C=O) groups is 1. The number of ether oxygens (including phenoxy) is 1. The Bertz CT molecular complexity index is 432. The van der Waals surface area contributed by atoms with Crippen LogP contribution in [0.2, 0.25) is 0 Å². The highest BCUT2D eigenvalue weighted by Crippen LogP contribution is 2.19. The zero-order valence-electron chi connectivity index (χ0n) is 12.5. The van der Waals surface area contributed by atoms with E-state index in [4.69, 9.17) is 4.74 Å². The molecular weight excluding hydrogens is 318 g/mol. The molecule has 0 radical (unpaired) electrons. The molecular formula is C16H24BrNO2. The van der Waals surface area contributed by atoms with Gasteiger partial charge in [-0.2, -0.15) is 0 Å². The lowest BCUT2D eigenvalue weighted by Crippen LogP contribution is -2.34. The normalized spacial score (nSPS) is 11.2. The molecule has 0 aliphatic heterocycles. The summed E-state index contributed by atoms with van der Waals surface area (Å²) in [7, 11) is 0. The van der Waals surface area contributed by atoms with Crippen LogP contribution in [0, 0.1) is 12.3 Å². The molecule has 0 heterocycles. The van der Waals surface area contributed by atoms with Crippen LogP contribution in [0.5, 0.6) is 5.75 Å². The summed E-state index contributed by atoms with van der Waals surface area (Å²) in [4.78, 5) is 11.7. The molecule has 1 aromatic carbocycles. The average Bonchev–Trinajstić information content (AvgIpc) is 2.37. The third-order valence-corrected chi connectivity index (χ3v) is 3.52. The molecule has 1 rings (SSSR count). The molecule has 1 aromatic rings. The smallest absolute Gasteiger partial charge is 0.223 e. The van der Waals surface area contributed by atoms with Crippen LogP contribution in [0.3, 0.4) is 0 Å². The van der Waals surface area contributed by atoms with Crippen LogP contribution < -0.4 is 10.1 Å². The van der Waals surface area contributed by atoms with Crippen molar-refractivity contribution in [2.45, 2.75) is 33.6 Å². The summed E-state index contributed by atoms with van der Waals surface area (Å²) in [5.74, 6) is 0.859. The molecule has 112 valence electrons. The molecule has 0 aliphatic carbocycles. The molecule has 4 heteroatoms. The Labute approximate surface area is 130 Å². The van der Waals surface area contributed by atoms with Crippen molar-refractivity contribution in [2.24, 2.45) is 5.41 Å². The van der Waals surface area contributed by atoms with E-state index in [-0.39, 0.29) is 11.3 Å². The van der Waals surface area contributed by atoms with E-state index in [1.807, 2.05) is 31.2 Å². The fourth-order valence-corrected chi connectivity index (χ4v) is 2.81. The van der Waals surface area contributed by atoms with Crippen molar-refractivity contribution in [3.05, 3.63) is 29.8 Å². The van der Waals surface area contributed by atoms with E-state index in [0.29, 0.717) is 19.6 Å². The van der Waals surface area contributed by atoms with Gasteiger partial charge in [-0.05, 0) is 36.5 Å². The van der Waals surface area contributed by atoms with E-state index in [1.165, 1.54) is 0 Å². The van der Waals surface area contributed by atoms with Crippen molar-refractivity contribution in [3.8, 4) is 5.75 Å². The maximum Gasteiger partial charge on any atom is 0.223 e. The van der Waals surface area contributed by atoms with Crippen molar-refractivity contribution >= 4 is 21.8 Å². The van der Waals surface area contributed by atoms with Crippen molar-refractivity contribution in [1.82, 2.24) is 5.32 Å². The van der Waals surface area contributed by atoms with Crippen molar-refractivity contribution in [1.29, 1.82) is 0 Å². The number of halogens is 1. The molecule has 0 saturated carbocycles. The topological polar surface area (TPSA) is 38.3 Å². The maximum atomic E-state index is 11.7. The Morgan fingerprint density at radius 2 is 2.15 bits per heavy atom. The Hall–Kier alpha value is -1.03. The van der Waals surface area contributed by atoms with Gasteiger partial charge in [-0.25, -0.2) is 0 Å². The van der Waals surface area contributed by atoms with Gasteiger partial charge in [0.15, 0.2) is 0 Å². The summed E-state index contributed by atoms with van der Waals surface area (Å²) >= 11 is 3.43. The first-order valence-electron chi connectivity index (χ1n) is 6.95. The van der Waals surface area contributed by atoms with Crippen LogP contribution in [-0.2, 0) is 4.79 Å². The van der Waals surface area contributed by atoms with E-state index in [9.17, 15) is 4.79 Å². The number of benzene rings is 1. The Morgan fingerprint density at radius 3 is 2.80 bits per heavy atom. The van der Waals surface area contributed by atoms with Gasteiger partial charge in [0.25, 0.3) is 0 Å². The van der Waals surface area contributed by atoms with Crippen LogP contribution in [0.1, 0.15) is 32.3 Å². The van der Waals surface area contributed by atoms with Gasteiger partial charge in [0.1, 0.15) is 5.75 Å². The Kier molecular flexibility index (Phi) is 7.06. The van der Waals surface area contributed by atoms with E-state index in [2.05, 4.69) is 35.1 Å². The standard InChI is InChI=1S/C16H24BrNO2/c1-13-5-4-6-14(11-13)20-10-7-15(19)18-12-16(2,3)8-9-17/h4-6,11H,7-10,12H2,1-3H3,(H,18,19). The summed E-state index contributed by atoms with van der Waals surface area (Å²) < 4.78 is 5.57. The van der Waals surface area contributed by atoms with Gasteiger partial charge in [0, 0.05) is 11.9 Å². The van der Waals surface area contributed by atoms with E-state index in [0.717, 1.165) is 23.1 Å². The van der Waals surface area contributed by atoms with Crippen LogP contribution >= 0.6 is 15.9 Å². The lowest BCUT2D eigenvalue weighted by atomic mass is 9.90. The summed E-state index contributed by atoms with van der Waals surface area (Å²) in [6.07, 6.45) is 1.42. The zero-order chi connectivity index (χ0) is 15.0. The second kappa shape index (κ2) is 8.30. The molecule has 0 unspecified atom stereocenters. The molecule has 0 atom stereocenters. The molecule has 0 aromatic heterocycles. The second-order valence-corrected chi connectivity index (χ2v) is 6.59. The van der Waals surface area contributed by atoms with Gasteiger partial charge >= 0.3 is 0 Å². The lowest BCUT2D eigenvalue weighted by molar-refractivity contribution is -0.122. The monoisotopic (exact) mass is 341 g/mol. The highest BCUT2D eigenvalue weighted by molar-refractivity contribution is 9.09. The Balaban J connectivity index is 2.23. The quantitative estimate of drug-likeness (QED) is 0.732. The fraction of sp³-hybridized carbons (Fsp3) is 0.562. The Morgan fingerprint density at radius 1 is 1.40 bits per heavy atom. The van der Waals surface area contributed by atoms with Gasteiger partial charge < -0.3 is 10.1 Å². The van der Waals surface area contributed by atoms with Gasteiger partial charge in [-0.15, -0.1) is 0 Å². The molecule has 0 bridgehead atoms. The minimum absolute atomic E-state index is 0.0419. The molecule has 1 amide bonds. The first kappa shape index (κ1) is 17.0. The molecule has 20 heavy (non-hydrogen) atoms. The van der Waals surface area contributed by atoms with E-state index in [1.54, 1.807) is 0 Å². The van der Waals surface area contributed by atoms with Crippen molar-refractivity contribution < 1.29 is 9.53 Å². The maximum absolute atomic E-state index is 11.7. The summed E-state index contributed by atoms with van der Waals surface area (Å²) in [5.41, 5.74) is 1.28. The van der Waals surface area contributed by atoms with Crippen molar-refractivity contribution in [2.75, 3.05) is 18.5 Å². The average molecular weight is 342 g/mol. The first-order chi connectivity index (χ1) is 9.43. The highest BCUT2D eigenvalue weighted by Gasteiger charge is 2.17. The molecule has 3 nitrogen and oxygen atoms in total. The molecule has 0 spiro atoms. The van der Waals surface area contributed by atoms with Crippen molar-refractivity contribution in [3.63, 3.8) is 0 Å². The predicted molar refractivity (Wildman–Crippen MR) is 86.5 cm³/mol. The number of nitrogens with one attached hydrogen (secondary N) is 1. The van der Waals surface area contributed by atoms with Crippen LogP contribution in [-0.4, -0.2) is 24.4 Å². The SMILES string of the molecule is Cc1cccc(OCCC(=O)NCC(C)(C)CCBr)c1. The summed E-state index contributed by atoms with van der Waals surface area (Å²) in [6, 6.07) is 7.85.